The predicted molar refractivity (Wildman–Crippen MR) is 86.0 cm³/mol. The maximum absolute atomic E-state index is 12.7. The summed E-state index contributed by atoms with van der Waals surface area (Å²) in [7, 11) is 1.57. The van der Waals surface area contributed by atoms with Crippen LogP contribution < -0.4 is 4.74 Å². The lowest BCUT2D eigenvalue weighted by Crippen LogP contribution is -2.01. The smallest absolute Gasteiger partial charge is 0.206 e. The Kier molecular flexibility index (Phi) is 3.59. The van der Waals surface area contributed by atoms with Gasteiger partial charge in [0.25, 0.3) is 0 Å². The number of halogens is 1. The van der Waals surface area contributed by atoms with E-state index < -0.39 is 0 Å². The van der Waals surface area contributed by atoms with Gasteiger partial charge in [0, 0.05) is 9.17 Å². The monoisotopic (exact) mass is 346 g/mol. The van der Waals surface area contributed by atoms with E-state index in [9.17, 15) is 4.79 Å². The Morgan fingerprint density at radius 1 is 1.15 bits per heavy atom. The Hall–Kier alpha value is -1.65. The van der Waals surface area contributed by atoms with Gasteiger partial charge in [-0.15, -0.1) is 11.3 Å². The van der Waals surface area contributed by atoms with Crippen LogP contribution in [0.4, 0.5) is 0 Å². The van der Waals surface area contributed by atoms with Crippen LogP contribution in [0.1, 0.15) is 15.2 Å². The molecule has 2 aromatic carbocycles. The molecule has 0 spiro atoms. The average Bonchev–Trinajstić information content (AvgIpc) is 2.90. The van der Waals surface area contributed by atoms with Crippen LogP contribution >= 0.6 is 27.3 Å². The minimum absolute atomic E-state index is 0.00986. The van der Waals surface area contributed by atoms with E-state index in [0.717, 1.165) is 19.4 Å². The number of ether oxygens (including phenoxy) is 1. The maximum Gasteiger partial charge on any atom is 0.206 e. The standard InChI is InChI=1S/C16H11BrO2S/c1-19-13-7-6-11(17)9-12(13)16(18)15-8-10-4-2-3-5-14(10)20-15/h2-9H,1H3. The van der Waals surface area contributed by atoms with Gasteiger partial charge < -0.3 is 4.74 Å². The van der Waals surface area contributed by atoms with Gasteiger partial charge in [-0.2, -0.15) is 0 Å². The van der Waals surface area contributed by atoms with Crippen molar-refractivity contribution in [2.24, 2.45) is 0 Å². The van der Waals surface area contributed by atoms with Crippen LogP contribution in [0.5, 0.6) is 5.75 Å². The summed E-state index contributed by atoms with van der Waals surface area (Å²) in [5.74, 6) is 0.583. The van der Waals surface area contributed by atoms with Crippen LogP contribution in [-0.2, 0) is 0 Å². The Morgan fingerprint density at radius 2 is 1.95 bits per heavy atom. The summed E-state index contributed by atoms with van der Waals surface area (Å²) >= 11 is 4.90. The summed E-state index contributed by atoms with van der Waals surface area (Å²) in [6.45, 7) is 0. The van der Waals surface area contributed by atoms with Crippen molar-refractivity contribution in [2.75, 3.05) is 7.11 Å². The normalized spacial score (nSPS) is 10.7. The average molecular weight is 347 g/mol. The molecule has 0 aliphatic rings. The molecule has 0 aliphatic heterocycles. The van der Waals surface area contributed by atoms with Crippen LogP contribution in [0, 0.1) is 0 Å². The van der Waals surface area contributed by atoms with Gasteiger partial charge in [0.15, 0.2) is 0 Å². The molecule has 2 nitrogen and oxygen atoms in total. The number of fused-ring (bicyclic) bond motifs is 1. The molecule has 0 amide bonds. The van der Waals surface area contributed by atoms with Crippen LogP contribution in [0.15, 0.2) is 53.0 Å². The zero-order valence-corrected chi connectivity index (χ0v) is 13.1. The molecule has 0 bridgehead atoms. The molecule has 3 aromatic rings. The third kappa shape index (κ3) is 2.37. The van der Waals surface area contributed by atoms with Gasteiger partial charge in [0.1, 0.15) is 5.75 Å². The molecule has 0 aliphatic carbocycles. The molecule has 3 rings (SSSR count). The minimum Gasteiger partial charge on any atom is -0.496 e. The first kappa shape index (κ1) is 13.3. The number of benzene rings is 2. The quantitative estimate of drug-likeness (QED) is 0.630. The molecule has 0 atom stereocenters. The van der Waals surface area contributed by atoms with Gasteiger partial charge >= 0.3 is 0 Å². The highest BCUT2D eigenvalue weighted by atomic mass is 79.9. The van der Waals surface area contributed by atoms with Crippen molar-refractivity contribution in [3.05, 3.63) is 63.4 Å². The Morgan fingerprint density at radius 3 is 2.70 bits per heavy atom. The van der Waals surface area contributed by atoms with Crippen molar-refractivity contribution in [3.8, 4) is 5.75 Å². The molecule has 20 heavy (non-hydrogen) atoms. The summed E-state index contributed by atoms with van der Waals surface area (Å²) in [6, 6.07) is 15.4. The van der Waals surface area contributed by atoms with Crippen molar-refractivity contribution < 1.29 is 9.53 Å². The number of thiophene rings is 1. The van der Waals surface area contributed by atoms with E-state index in [0.29, 0.717) is 11.3 Å². The topological polar surface area (TPSA) is 26.3 Å². The predicted octanol–water partition coefficient (Wildman–Crippen LogP) is 4.90. The third-order valence-electron chi connectivity index (χ3n) is 3.06. The van der Waals surface area contributed by atoms with E-state index in [1.54, 1.807) is 19.2 Å². The molecule has 1 aromatic heterocycles. The molecule has 0 saturated carbocycles. The Bertz CT molecular complexity index is 759. The lowest BCUT2D eigenvalue weighted by molar-refractivity contribution is 0.103. The maximum atomic E-state index is 12.7. The SMILES string of the molecule is COc1ccc(Br)cc1C(=O)c1cc2ccccc2s1. The van der Waals surface area contributed by atoms with Gasteiger partial charge in [0.05, 0.1) is 17.6 Å². The highest BCUT2D eigenvalue weighted by Gasteiger charge is 2.17. The number of hydrogen-bond donors (Lipinski definition) is 0. The van der Waals surface area contributed by atoms with Gasteiger partial charge in [-0.1, -0.05) is 34.1 Å². The highest BCUT2D eigenvalue weighted by Crippen LogP contribution is 2.31. The third-order valence-corrected chi connectivity index (χ3v) is 4.66. The summed E-state index contributed by atoms with van der Waals surface area (Å²) in [6.07, 6.45) is 0. The number of carbonyl (C=O) groups is 1. The van der Waals surface area contributed by atoms with Crippen molar-refractivity contribution in [1.29, 1.82) is 0 Å². The molecule has 0 unspecified atom stereocenters. The second kappa shape index (κ2) is 5.38. The van der Waals surface area contributed by atoms with E-state index in [-0.39, 0.29) is 5.78 Å². The number of hydrogen-bond acceptors (Lipinski definition) is 3. The van der Waals surface area contributed by atoms with E-state index in [1.807, 2.05) is 36.4 Å². The van der Waals surface area contributed by atoms with Crippen LogP contribution in [0.25, 0.3) is 10.1 Å². The molecule has 0 fully saturated rings. The van der Waals surface area contributed by atoms with Crippen LogP contribution in [-0.4, -0.2) is 12.9 Å². The van der Waals surface area contributed by atoms with Crippen molar-refractivity contribution >= 4 is 43.1 Å². The first-order valence-corrected chi connectivity index (χ1v) is 7.67. The molecule has 0 saturated heterocycles. The zero-order chi connectivity index (χ0) is 14.1. The van der Waals surface area contributed by atoms with E-state index >= 15 is 0 Å². The number of rotatable bonds is 3. The molecule has 100 valence electrons. The van der Waals surface area contributed by atoms with Crippen molar-refractivity contribution in [3.63, 3.8) is 0 Å². The first-order chi connectivity index (χ1) is 9.69. The molecule has 0 radical (unpaired) electrons. The summed E-state index contributed by atoms with van der Waals surface area (Å²) < 4.78 is 7.26. The highest BCUT2D eigenvalue weighted by molar-refractivity contribution is 9.10. The summed E-state index contributed by atoms with van der Waals surface area (Å²) in [5.41, 5.74) is 0.577. The van der Waals surface area contributed by atoms with Gasteiger partial charge in [-0.3, -0.25) is 4.79 Å². The number of carbonyl (C=O) groups excluding carboxylic acids is 1. The second-order valence-corrected chi connectivity index (χ2v) is 6.32. The van der Waals surface area contributed by atoms with Crippen LogP contribution in [0.2, 0.25) is 0 Å². The van der Waals surface area contributed by atoms with Crippen LogP contribution in [0.3, 0.4) is 0 Å². The Labute approximate surface area is 129 Å². The van der Waals surface area contributed by atoms with Crippen molar-refractivity contribution in [1.82, 2.24) is 0 Å². The fourth-order valence-electron chi connectivity index (χ4n) is 2.08. The Balaban J connectivity index is 2.10. The molecule has 4 heteroatoms. The van der Waals surface area contributed by atoms with E-state index in [4.69, 9.17) is 4.74 Å². The summed E-state index contributed by atoms with van der Waals surface area (Å²) in [5, 5.41) is 1.09. The van der Waals surface area contributed by atoms with Gasteiger partial charge in [0.2, 0.25) is 5.78 Å². The lowest BCUT2D eigenvalue weighted by atomic mass is 10.1. The number of methoxy groups -OCH3 is 1. The van der Waals surface area contributed by atoms with E-state index in [2.05, 4.69) is 15.9 Å². The molecule has 0 N–H and O–H groups in total. The van der Waals surface area contributed by atoms with Gasteiger partial charge in [-0.05, 0) is 35.7 Å². The van der Waals surface area contributed by atoms with Crippen molar-refractivity contribution in [2.45, 2.75) is 0 Å². The molecular weight excluding hydrogens is 336 g/mol. The largest absolute Gasteiger partial charge is 0.496 e. The fraction of sp³-hybridized carbons (Fsp3) is 0.0625. The number of ketones is 1. The molecular formula is C16H11BrO2S. The van der Waals surface area contributed by atoms with Gasteiger partial charge in [-0.25, -0.2) is 0 Å². The second-order valence-electron chi connectivity index (χ2n) is 4.32. The molecule has 1 heterocycles. The fourth-order valence-corrected chi connectivity index (χ4v) is 3.46. The zero-order valence-electron chi connectivity index (χ0n) is 10.7. The minimum atomic E-state index is -0.00986. The lowest BCUT2D eigenvalue weighted by Gasteiger charge is -2.06. The summed E-state index contributed by atoms with van der Waals surface area (Å²) in [4.78, 5) is 13.4. The van der Waals surface area contributed by atoms with E-state index in [1.165, 1.54) is 11.3 Å². The first-order valence-electron chi connectivity index (χ1n) is 6.06.